The number of rotatable bonds is 16. The monoisotopic (exact) mass is 980 g/mol. The van der Waals surface area contributed by atoms with Crippen LogP contribution in [0.5, 0.6) is 11.5 Å². The Morgan fingerprint density at radius 3 is 1.73 bits per heavy atom. The van der Waals surface area contributed by atoms with Crippen molar-refractivity contribution in [1.82, 2.24) is 29.5 Å². The second-order valence-corrected chi connectivity index (χ2v) is 18.8. The minimum Gasteiger partial charge on any atom is -0.493 e. The van der Waals surface area contributed by atoms with Gasteiger partial charge in [0.15, 0.2) is 0 Å². The summed E-state index contributed by atoms with van der Waals surface area (Å²) >= 11 is 0. The lowest BCUT2D eigenvalue weighted by molar-refractivity contribution is -0.115. The highest BCUT2D eigenvalue weighted by atomic mass is 16.6. The van der Waals surface area contributed by atoms with Gasteiger partial charge in [0.2, 0.25) is 11.8 Å². The molecule has 2 fully saturated rings. The van der Waals surface area contributed by atoms with Crippen LogP contribution in [0.2, 0.25) is 0 Å². The van der Waals surface area contributed by atoms with Crippen LogP contribution in [-0.2, 0) is 44.5 Å². The lowest BCUT2D eigenvalue weighted by atomic mass is 9.96. The highest BCUT2D eigenvalue weighted by molar-refractivity contribution is 6.02. The number of nitrogens with one attached hydrogen (secondary N) is 3. The van der Waals surface area contributed by atoms with E-state index < -0.39 is 35.1 Å². The van der Waals surface area contributed by atoms with E-state index in [9.17, 15) is 24.6 Å². The van der Waals surface area contributed by atoms with Crippen molar-refractivity contribution in [3.63, 3.8) is 0 Å². The van der Waals surface area contributed by atoms with Crippen LogP contribution in [0.1, 0.15) is 85.5 Å². The molecular weight excluding hydrogens is 917 g/mol. The summed E-state index contributed by atoms with van der Waals surface area (Å²) in [6, 6.07) is 10.9. The molecule has 0 radical (unpaired) electrons. The second kappa shape index (κ2) is 22.3. The fourth-order valence-corrected chi connectivity index (χ4v) is 8.16. The largest absolute Gasteiger partial charge is 0.493 e. The maximum absolute atomic E-state index is 13.2. The van der Waals surface area contributed by atoms with Gasteiger partial charge in [-0.25, -0.2) is 24.7 Å². The Bertz CT molecular complexity index is 2840. The van der Waals surface area contributed by atoms with Gasteiger partial charge in [0.1, 0.15) is 39.9 Å². The molecule has 8 rings (SSSR count). The zero-order chi connectivity index (χ0) is 51.1. The van der Waals surface area contributed by atoms with Crippen molar-refractivity contribution in [2.24, 2.45) is 0 Å². The summed E-state index contributed by atoms with van der Waals surface area (Å²) in [5.74, 6) is 1.51. The number of carbonyl (C=O) groups is 3. The summed E-state index contributed by atoms with van der Waals surface area (Å²) < 4.78 is 42.0. The number of hydrogen-bond donors (Lipinski definition) is 5. The Balaban J connectivity index is 0.000000213. The number of anilines is 2. The van der Waals surface area contributed by atoms with Crippen LogP contribution in [0, 0.1) is 0 Å². The lowest BCUT2D eigenvalue weighted by Gasteiger charge is -2.26. The molecule has 71 heavy (non-hydrogen) atoms. The van der Waals surface area contributed by atoms with Crippen molar-refractivity contribution in [3.05, 3.63) is 72.6 Å². The third kappa shape index (κ3) is 12.7. The maximum Gasteiger partial charge on any atom is 0.419 e. The first-order valence-electron chi connectivity index (χ1n) is 23.5. The first-order valence-corrected chi connectivity index (χ1v) is 23.5. The van der Waals surface area contributed by atoms with Crippen molar-refractivity contribution in [2.75, 3.05) is 64.5 Å². The molecular formula is C51H64N8O12. The van der Waals surface area contributed by atoms with Crippen LogP contribution in [0.25, 0.3) is 44.3 Å². The second-order valence-electron chi connectivity index (χ2n) is 18.8. The molecule has 380 valence electrons. The molecule has 5 N–H and O–H groups in total. The minimum absolute atomic E-state index is 0.189. The van der Waals surface area contributed by atoms with Crippen molar-refractivity contribution < 1.29 is 57.8 Å². The number of aromatic amines is 1. The topological polar surface area (TPSA) is 253 Å². The van der Waals surface area contributed by atoms with E-state index in [1.807, 2.05) is 30.5 Å². The SMILES string of the molecule is CO[C@@]1(c2cc(OCC[C@H](C)O)cc(-c3c[nH]c4cnc(NC(C)=O)cc34)n2)CCOC1.CO[C@@]1(c2cc(OCC[C@H](C)O)cc(-c3cn(C(=O)OC(C)(C)C)c4cnc(NC(C)=O)cc34)n2)CCOC1. The van der Waals surface area contributed by atoms with E-state index >= 15 is 0 Å². The minimum atomic E-state index is -0.759. The van der Waals surface area contributed by atoms with Crippen molar-refractivity contribution in [2.45, 2.75) is 103 Å². The fraction of sp³-hybridized carbons (Fsp3) is 0.471. The van der Waals surface area contributed by atoms with Crippen molar-refractivity contribution in [1.29, 1.82) is 0 Å². The molecule has 20 heteroatoms. The van der Waals surface area contributed by atoms with Gasteiger partial charge < -0.3 is 59.0 Å². The van der Waals surface area contributed by atoms with Crippen LogP contribution in [-0.4, -0.2) is 129 Å². The smallest absolute Gasteiger partial charge is 0.419 e. The molecule has 0 spiro atoms. The number of methoxy groups -OCH3 is 2. The van der Waals surface area contributed by atoms with E-state index in [2.05, 4.69) is 25.6 Å². The normalized spacial score (nSPS) is 18.7. The molecule has 2 saturated heterocycles. The Morgan fingerprint density at radius 2 is 1.27 bits per heavy atom. The molecule has 2 amide bonds. The summed E-state index contributed by atoms with van der Waals surface area (Å²) in [4.78, 5) is 58.0. The van der Waals surface area contributed by atoms with E-state index in [-0.39, 0.29) is 11.8 Å². The molecule has 0 unspecified atom stereocenters. The van der Waals surface area contributed by atoms with E-state index in [4.69, 9.17) is 43.1 Å². The molecule has 0 aliphatic carbocycles. The van der Waals surface area contributed by atoms with Crippen LogP contribution in [0.15, 0.2) is 61.2 Å². The van der Waals surface area contributed by atoms with Gasteiger partial charge in [-0.05, 0) is 46.8 Å². The van der Waals surface area contributed by atoms with Gasteiger partial charge in [-0.1, -0.05) is 0 Å². The van der Waals surface area contributed by atoms with Crippen molar-refractivity contribution in [3.8, 4) is 34.0 Å². The van der Waals surface area contributed by atoms with Gasteiger partial charge in [-0.15, -0.1) is 0 Å². The van der Waals surface area contributed by atoms with E-state index in [0.29, 0.717) is 122 Å². The lowest BCUT2D eigenvalue weighted by Crippen LogP contribution is -2.30. The zero-order valence-electron chi connectivity index (χ0n) is 41.7. The number of carbonyl (C=O) groups excluding carboxylic acids is 3. The highest BCUT2D eigenvalue weighted by Crippen LogP contribution is 2.40. The molecule has 6 aromatic heterocycles. The first kappa shape index (κ1) is 52.3. The molecule has 2 aliphatic heterocycles. The summed E-state index contributed by atoms with van der Waals surface area (Å²) in [6.45, 7) is 14.2. The molecule has 6 aromatic rings. The van der Waals surface area contributed by atoms with Gasteiger partial charge in [-0.3, -0.25) is 14.2 Å². The molecule has 4 atom stereocenters. The average molecular weight is 981 g/mol. The number of H-pyrrole nitrogens is 1. The number of nitrogens with zero attached hydrogens (tertiary/aromatic N) is 5. The van der Waals surface area contributed by atoms with E-state index in [1.54, 1.807) is 73.4 Å². The van der Waals surface area contributed by atoms with Crippen LogP contribution in [0.3, 0.4) is 0 Å². The molecule has 0 bridgehead atoms. The van der Waals surface area contributed by atoms with Crippen molar-refractivity contribution >= 4 is 51.3 Å². The number of amides is 2. The summed E-state index contributed by atoms with van der Waals surface area (Å²) in [7, 11) is 3.28. The summed E-state index contributed by atoms with van der Waals surface area (Å²) in [6.07, 6.45) is 7.45. The van der Waals surface area contributed by atoms with Gasteiger partial charge in [-0.2, -0.15) is 0 Å². The number of aliphatic hydroxyl groups is 2. The fourth-order valence-electron chi connectivity index (χ4n) is 8.16. The Labute approximate surface area is 411 Å². The number of hydrogen-bond acceptors (Lipinski definition) is 16. The number of aliphatic hydroxyl groups excluding tert-OH is 2. The quantitative estimate of drug-likeness (QED) is 0.0640. The highest BCUT2D eigenvalue weighted by Gasteiger charge is 2.40. The molecule has 20 nitrogen and oxygen atoms in total. The summed E-state index contributed by atoms with van der Waals surface area (Å²) in [5.41, 5.74) is 3.23. The van der Waals surface area contributed by atoms with Crippen LogP contribution in [0.4, 0.5) is 16.4 Å². The van der Waals surface area contributed by atoms with Gasteiger partial charge in [0.05, 0.1) is 84.8 Å². The molecule has 0 saturated carbocycles. The van der Waals surface area contributed by atoms with Gasteiger partial charge in [0, 0.05) is 126 Å². The third-order valence-corrected chi connectivity index (χ3v) is 11.9. The Morgan fingerprint density at radius 1 is 0.761 bits per heavy atom. The maximum atomic E-state index is 13.2. The average Bonchev–Trinajstić information content (AvgIpc) is 4.14. The van der Waals surface area contributed by atoms with E-state index in [0.717, 1.165) is 22.2 Å². The zero-order valence-corrected chi connectivity index (χ0v) is 41.7. The molecule has 2 aliphatic rings. The number of pyridine rings is 4. The number of fused-ring (bicyclic) bond motifs is 2. The third-order valence-electron chi connectivity index (χ3n) is 11.9. The number of ether oxygens (including phenoxy) is 7. The first-order chi connectivity index (χ1) is 33.8. The predicted octanol–water partition coefficient (Wildman–Crippen LogP) is 7.25. The van der Waals surface area contributed by atoms with Gasteiger partial charge >= 0.3 is 6.09 Å². The van der Waals surface area contributed by atoms with E-state index in [1.165, 1.54) is 24.6 Å². The predicted molar refractivity (Wildman–Crippen MR) is 264 cm³/mol. The van der Waals surface area contributed by atoms with Crippen LogP contribution < -0.4 is 20.1 Å². The van der Waals surface area contributed by atoms with Gasteiger partial charge in [0.25, 0.3) is 0 Å². The Kier molecular flexibility index (Phi) is 16.4. The standard InChI is InChI=1S/C28H36N4O7.C23H28N4O5/c1-17(33)7-9-38-19-11-22(31-24(12-19)28(36-6)8-10-37-16-28)21-15-32(26(35)39-27(3,4)5)23-14-29-25(13-20(21)23)30-18(2)34;1-14(28)4-6-32-16-8-19(27-21(9-16)23(30-3)5-7-31-13-23)18-11-24-20-12-25-22(10-17(18)20)26-15(2)29/h11-15,17,33H,7-10,16H2,1-6H3,(H,29,30,34);8-12,14,24,28H,4-7,13H2,1-3H3,(H,25,26,29)/t17-,28-;14-,23-/m00/s1. The summed E-state index contributed by atoms with van der Waals surface area (Å²) in [5, 5.41) is 26.2. The van der Waals surface area contributed by atoms with Crippen LogP contribution >= 0.6 is 0 Å². The molecule has 8 heterocycles. The number of aromatic nitrogens is 6. The molecule has 0 aromatic carbocycles. The Hall–Kier alpha value is -6.55.